The molecule has 1 N–H and O–H groups in total. The molecular weight excluding hydrogens is 381 g/mol. The molecule has 1 saturated heterocycles. The highest BCUT2D eigenvalue weighted by molar-refractivity contribution is 8.77. The van der Waals surface area contributed by atoms with Crippen LogP contribution in [0, 0.1) is 10.2 Å². The van der Waals surface area contributed by atoms with Gasteiger partial charge in [0.25, 0.3) is 0 Å². The first-order valence-electron chi connectivity index (χ1n) is 6.28. The highest BCUT2D eigenvalue weighted by atomic mass is 35.7. The number of rotatable bonds is 2. The summed E-state index contributed by atoms with van der Waals surface area (Å²) in [5.41, 5.74) is 2.49. The molecule has 0 aromatic heterocycles. The van der Waals surface area contributed by atoms with Crippen LogP contribution in [0.2, 0.25) is 5.02 Å². The summed E-state index contributed by atoms with van der Waals surface area (Å²) in [5.74, 6) is 0. The van der Waals surface area contributed by atoms with Crippen LogP contribution in [-0.2, 0) is 0 Å². The van der Waals surface area contributed by atoms with Gasteiger partial charge in [0.15, 0.2) is 0 Å². The second-order valence-electron chi connectivity index (χ2n) is 4.40. The Labute approximate surface area is 148 Å². The predicted octanol–water partition coefficient (Wildman–Crippen LogP) is 0.913. The Morgan fingerprint density at radius 1 is 0.870 bits per heavy atom. The monoisotopic (exact) mass is 392 g/mol. The molecule has 123 valence electrons. The van der Waals surface area contributed by atoms with Crippen molar-refractivity contribution in [3.05, 3.63) is 70.7 Å². The largest absolute Gasteiger partial charge is 0.202 e. The van der Waals surface area contributed by atoms with Crippen LogP contribution in [0.3, 0.4) is 0 Å². The van der Waals surface area contributed by atoms with Crippen LogP contribution >= 0.6 is 33.2 Å². The van der Waals surface area contributed by atoms with Gasteiger partial charge in [-0.15, -0.1) is 0 Å². The second-order valence-corrected chi connectivity index (χ2v) is 8.07. The standard InChI is InChI=1S/C14H11ClNS2.ClHO4/c15-12-8-6-11(7-9-12)14-16-13(17-18-14)10-4-2-1-3-5-10;2-1(3,4)5/h1-9,13-14H;(H,2,3,4,5). The van der Waals surface area contributed by atoms with Crippen LogP contribution in [0.5, 0.6) is 0 Å². The normalized spacial score (nSPS) is 20.7. The van der Waals surface area contributed by atoms with Crippen LogP contribution in [0.1, 0.15) is 21.9 Å². The van der Waals surface area contributed by atoms with Crippen LogP contribution in [-0.4, -0.2) is 4.66 Å². The van der Waals surface area contributed by atoms with Gasteiger partial charge < -0.3 is 0 Å². The van der Waals surface area contributed by atoms with Crippen LogP contribution in [0.4, 0.5) is 0 Å². The zero-order chi connectivity index (χ0) is 16.9. The van der Waals surface area contributed by atoms with E-state index in [1.165, 1.54) is 11.1 Å². The molecule has 2 unspecified atom stereocenters. The van der Waals surface area contributed by atoms with E-state index in [4.69, 9.17) is 35.6 Å². The molecule has 0 bridgehead atoms. The molecule has 1 aliphatic rings. The summed E-state index contributed by atoms with van der Waals surface area (Å²) >= 11 is 5.90. The van der Waals surface area contributed by atoms with Crippen molar-refractivity contribution in [2.24, 2.45) is 0 Å². The van der Waals surface area contributed by atoms with Gasteiger partial charge in [0.2, 0.25) is 0 Å². The van der Waals surface area contributed by atoms with E-state index in [0.29, 0.717) is 0 Å². The van der Waals surface area contributed by atoms with Gasteiger partial charge >= 0.3 is 0 Å². The maximum Gasteiger partial charge on any atom is 0.107 e. The third-order valence-electron chi connectivity index (χ3n) is 2.75. The van der Waals surface area contributed by atoms with Crippen LogP contribution in [0.25, 0.3) is 0 Å². The zero-order valence-corrected chi connectivity index (χ0v) is 14.7. The van der Waals surface area contributed by atoms with Crippen molar-refractivity contribution >= 4 is 33.2 Å². The van der Waals surface area contributed by atoms with Gasteiger partial charge in [0.1, 0.15) is 10.7 Å². The van der Waals surface area contributed by atoms with Crippen molar-refractivity contribution in [1.29, 1.82) is 0 Å². The van der Waals surface area contributed by atoms with Gasteiger partial charge in [-0.2, -0.15) is 14.0 Å². The summed E-state index contributed by atoms with van der Waals surface area (Å²) in [6, 6.07) is 18.4. The molecule has 2 atom stereocenters. The molecule has 9 heteroatoms. The van der Waals surface area contributed by atoms with Gasteiger partial charge in [-0.25, -0.2) is 5.32 Å². The fourth-order valence-electron chi connectivity index (χ4n) is 1.81. The molecule has 5 nitrogen and oxygen atoms in total. The number of hydrogen-bond acceptors (Lipinski definition) is 6. The minimum absolute atomic E-state index is 0.206. The number of hydrogen-bond donors (Lipinski definition) is 1. The first-order valence-corrected chi connectivity index (χ1v) is 10.2. The van der Waals surface area contributed by atoms with E-state index in [9.17, 15) is 0 Å². The van der Waals surface area contributed by atoms with Crippen molar-refractivity contribution in [3.63, 3.8) is 0 Å². The molecule has 1 radical (unpaired) electrons. The van der Waals surface area contributed by atoms with Gasteiger partial charge in [-0.05, 0) is 23.3 Å². The topological polar surface area (TPSA) is 104 Å². The molecule has 0 saturated carbocycles. The van der Waals surface area contributed by atoms with Gasteiger partial charge in [0.05, 0.1) is 14.9 Å². The van der Waals surface area contributed by atoms with Crippen LogP contribution < -0.4 is 19.3 Å². The molecule has 3 rings (SSSR count). The van der Waals surface area contributed by atoms with Crippen molar-refractivity contribution in [1.82, 2.24) is 5.32 Å². The summed E-state index contributed by atoms with van der Waals surface area (Å²) in [6.07, 6.45) is 0. The second kappa shape index (κ2) is 8.57. The molecule has 1 heterocycles. The summed E-state index contributed by atoms with van der Waals surface area (Å²) < 4.78 is 32.7. The molecular formula is C14H12Cl2NO4S2. The first kappa shape index (κ1) is 18.9. The Balaban J connectivity index is 0.000000338. The molecule has 1 aliphatic heterocycles. The number of halogens is 2. The van der Waals surface area contributed by atoms with E-state index in [-0.39, 0.29) is 10.7 Å². The van der Waals surface area contributed by atoms with Crippen molar-refractivity contribution < 1.29 is 28.9 Å². The average Bonchev–Trinajstić information content (AvgIpc) is 2.97. The minimum Gasteiger partial charge on any atom is -0.202 e. The van der Waals surface area contributed by atoms with Crippen molar-refractivity contribution in [3.8, 4) is 0 Å². The van der Waals surface area contributed by atoms with Crippen molar-refractivity contribution in [2.45, 2.75) is 10.7 Å². The molecule has 0 spiro atoms. The predicted molar refractivity (Wildman–Crippen MR) is 82.9 cm³/mol. The third-order valence-corrected chi connectivity index (χ3v) is 5.69. The highest BCUT2D eigenvalue weighted by Crippen LogP contribution is 2.53. The van der Waals surface area contributed by atoms with Crippen LogP contribution in [0.15, 0.2) is 54.6 Å². The fraction of sp³-hybridized carbons (Fsp3) is 0.143. The summed E-state index contributed by atoms with van der Waals surface area (Å²) in [6.45, 7) is 0. The molecule has 1 fully saturated rings. The quantitative estimate of drug-likeness (QED) is 0.761. The van der Waals surface area contributed by atoms with E-state index in [1.54, 1.807) is 0 Å². The summed E-state index contributed by atoms with van der Waals surface area (Å²) in [4.78, 5) is 0. The highest BCUT2D eigenvalue weighted by Gasteiger charge is 2.29. The fourth-order valence-corrected chi connectivity index (χ4v) is 4.70. The SMILES string of the molecule is Clc1ccc(C2[N]C(c3ccccc3)SS2)cc1.[O-][Cl+3]([O-])([O-])O. The molecule has 2 aromatic rings. The lowest BCUT2D eigenvalue weighted by atomic mass is 10.2. The Bertz CT molecular complexity index is 604. The van der Waals surface area contributed by atoms with Crippen molar-refractivity contribution in [2.75, 3.05) is 0 Å². The van der Waals surface area contributed by atoms with E-state index < -0.39 is 10.2 Å². The lowest BCUT2D eigenvalue weighted by molar-refractivity contribution is -1.92. The molecule has 23 heavy (non-hydrogen) atoms. The Morgan fingerprint density at radius 2 is 1.30 bits per heavy atom. The molecule has 2 aromatic carbocycles. The molecule has 0 amide bonds. The lowest BCUT2D eigenvalue weighted by Crippen LogP contribution is -2.58. The van der Waals surface area contributed by atoms with E-state index >= 15 is 0 Å². The summed E-state index contributed by atoms with van der Waals surface area (Å²) in [7, 11) is -1.06. The van der Waals surface area contributed by atoms with Gasteiger partial charge in [-0.1, -0.05) is 75.7 Å². The maximum absolute atomic E-state index is 8.60. The van der Waals surface area contributed by atoms with Gasteiger partial charge in [0, 0.05) is 5.02 Å². The minimum atomic E-state index is -4.69. The van der Waals surface area contributed by atoms with E-state index in [1.807, 2.05) is 39.8 Å². The zero-order valence-electron chi connectivity index (χ0n) is 11.5. The Hall–Kier alpha value is -0.480. The van der Waals surface area contributed by atoms with E-state index in [0.717, 1.165) is 5.02 Å². The Morgan fingerprint density at radius 3 is 1.78 bits per heavy atom. The summed E-state index contributed by atoms with van der Waals surface area (Å²) in [5, 5.41) is 6.05. The number of benzene rings is 2. The average molecular weight is 393 g/mol. The molecule has 0 aliphatic carbocycles. The first-order chi connectivity index (χ1) is 10.8. The lowest BCUT2D eigenvalue weighted by Gasteiger charge is -2.10. The van der Waals surface area contributed by atoms with E-state index in [2.05, 4.69) is 36.4 Å². The Kier molecular flexibility index (Phi) is 7.02. The third kappa shape index (κ3) is 6.88. The van der Waals surface area contributed by atoms with Gasteiger partial charge in [-0.3, -0.25) is 0 Å². The smallest absolute Gasteiger partial charge is 0.107 e. The number of nitrogens with zero attached hydrogens (tertiary/aromatic N) is 1. The maximum atomic E-state index is 8.60.